The van der Waals surface area contributed by atoms with Crippen LogP contribution in [0.2, 0.25) is 0 Å². The highest BCUT2D eigenvalue weighted by Gasteiger charge is 2.44. The van der Waals surface area contributed by atoms with Crippen LogP contribution in [0.15, 0.2) is 23.3 Å². The molecule has 3 fully saturated rings. The van der Waals surface area contributed by atoms with Crippen LogP contribution in [0, 0.1) is 11.8 Å². The first-order valence-corrected chi connectivity index (χ1v) is 4.69. The van der Waals surface area contributed by atoms with E-state index in [1.165, 1.54) is 37.7 Å². The summed E-state index contributed by atoms with van der Waals surface area (Å²) in [6, 6.07) is 0. The van der Waals surface area contributed by atoms with Gasteiger partial charge < -0.3 is 0 Å². The van der Waals surface area contributed by atoms with Crippen molar-refractivity contribution in [1.82, 2.24) is 0 Å². The molecule has 0 saturated heterocycles. The largest absolute Gasteiger partial charge is 0.0992 e. The Morgan fingerprint density at radius 3 is 2.18 bits per heavy atom. The summed E-state index contributed by atoms with van der Waals surface area (Å²) in [5, 5.41) is 0. The van der Waals surface area contributed by atoms with Crippen molar-refractivity contribution in [3.05, 3.63) is 23.3 Å². The zero-order valence-corrected chi connectivity index (χ0v) is 6.90. The standard InChI is InChI=1S/C11H14/c1-7-2-8(3-7)9-4-10-6-11(10)5-9/h10-11H,1-6H2. The number of fused-ring (bicyclic) bond motifs is 1. The summed E-state index contributed by atoms with van der Waals surface area (Å²) < 4.78 is 0. The molecule has 58 valence electrons. The molecule has 0 spiro atoms. The Balaban J connectivity index is 1.79. The maximum Gasteiger partial charge on any atom is -0.0102 e. The van der Waals surface area contributed by atoms with Crippen LogP contribution in [-0.4, -0.2) is 0 Å². The quantitative estimate of drug-likeness (QED) is 0.461. The molecule has 0 aromatic heterocycles. The maximum absolute atomic E-state index is 3.98. The molecule has 2 atom stereocenters. The van der Waals surface area contributed by atoms with Gasteiger partial charge in [-0.1, -0.05) is 23.3 Å². The first kappa shape index (κ1) is 6.05. The molecule has 3 aliphatic carbocycles. The predicted octanol–water partition coefficient (Wildman–Crippen LogP) is 3.06. The topological polar surface area (TPSA) is 0 Å². The molecule has 0 heteroatoms. The summed E-state index contributed by atoms with van der Waals surface area (Å²) >= 11 is 0. The molecule has 0 aliphatic heterocycles. The van der Waals surface area contributed by atoms with E-state index in [9.17, 15) is 0 Å². The third kappa shape index (κ3) is 0.817. The second-order valence-electron chi connectivity index (χ2n) is 4.47. The SMILES string of the molecule is C=C1CC(=C2CC3CC3C2)C1. The monoisotopic (exact) mass is 146 g/mol. The van der Waals surface area contributed by atoms with Crippen LogP contribution in [0.25, 0.3) is 0 Å². The lowest BCUT2D eigenvalue weighted by atomic mass is 9.82. The van der Waals surface area contributed by atoms with Gasteiger partial charge >= 0.3 is 0 Å². The van der Waals surface area contributed by atoms with E-state index in [1.807, 2.05) is 5.57 Å². The summed E-state index contributed by atoms with van der Waals surface area (Å²) in [5.74, 6) is 2.23. The van der Waals surface area contributed by atoms with Crippen LogP contribution in [0.4, 0.5) is 0 Å². The molecule has 0 aromatic carbocycles. The minimum atomic E-state index is 1.12. The number of hydrogen-bond acceptors (Lipinski definition) is 0. The smallest absolute Gasteiger partial charge is 0.0102 e. The van der Waals surface area contributed by atoms with Crippen molar-refractivity contribution in [2.45, 2.75) is 32.1 Å². The number of hydrogen-bond donors (Lipinski definition) is 0. The van der Waals surface area contributed by atoms with Gasteiger partial charge in [-0.2, -0.15) is 0 Å². The Hall–Kier alpha value is -0.520. The molecule has 3 saturated carbocycles. The summed E-state index contributed by atoms with van der Waals surface area (Å²) in [6.45, 7) is 3.98. The second kappa shape index (κ2) is 1.80. The van der Waals surface area contributed by atoms with Gasteiger partial charge in [0.15, 0.2) is 0 Å². The molecule has 0 heterocycles. The van der Waals surface area contributed by atoms with Crippen LogP contribution in [0.5, 0.6) is 0 Å². The Kier molecular flexibility index (Phi) is 0.988. The van der Waals surface area contributed by atoms with Gasteiger partial charge in [0.2, 0.25) is 0 Å². The molecule has 0 bridgehead atoms. The van der Waals surface area contributed by atoms with Gasteiger partial charge in [0.25, 0.3) is 0 Å². The molecule has 0 aromatic rings. The van der Waals surface area contributed by atoms with E-state index in [2.05, 4.69) is 6.58 Å². The van der Waals surface area contributed by atoms with Gasteiger partial charge in [0.1, 0.15) is 0 Å². The summed E-state index contributed by atoms with van der Waals surface area (Å²) in [4.78, 5) is 0. The van der Waals surface area contributed by atoms with E-state index in [1.54, 1.807) is 5.57 Å². The van der Waals surface area contributed by atoms with E-state index in [0.717, 1.165) is 11.8 Å². The Labute approximate surface area is 68.0 Å². The lowest BCUT2D eigenvalue weighted by Gasteiger charge is -2.23. The Bertz CT molecular complexity index is 235. The highest BCUT2D eigenvalue weighted by atomic mass is 14.5. The van der Waals surface area contributed by atoms with E-state index < -0.39 is 0 Å². The third-order valence-corrected chi connectivity index (χ3v) is 3.51. The molecular formula is C11H14. The van der Waals surface area contributed by atoms with E-state index in [-0.39, 0.29) is 0 Å². The lowest BCUT2D eigenvalue weighted by molar-refractivity contribution is 0.782. The average molecular weight is 146 g/mol. The van der Waals surface area contributed by atoms with Crippen molar-refractivity contribution in [3.63, 3.8) is 0 Å². The van der Waals surface area contributed by atoms with Gasteiger partial charge in [-0.05, 0) is 43.9 Å². The van der Waals surface area contributed by atoms with Crippen molar-refractivity contribution in [3.8, 4) is 0 Å². The third-order valence-electron chi connectivity index (χ3n) is 3.51. The fourth-order valence-corrected chi connectivity index (χ4v) is 2.62. The summed E-state index contributed by atoms with van der Waals surface area (Å²) in [6.07, 6.45) is 6.93. The minimum absolute atomic E-state index is 1.12. The fourth-order valence-electron chi connectivity index (χ4n) is 2.62. The maximum atomic E-state index is 3.98. The molecule has 2 unspecified atom stereocenters. The molecule has 3 rings (SSSR count). The first-order chi connectivity index (χ1) is 5.33. The van der Waals surface area contributed by atoms with Gasteiger partial charge in [-0.25, -0.2) is 0 Å². The molecule has 0 N–H and O–H groups in total. The van der Waals surface area contributed by atoms with Gasteiger partial charge in [-0.15, -0.1) is 0 Å². The molecular weight excluding hydrogens is 132 g/mol. The van der Waals surface area contributed by atoms with Crippen LogP contribution in [-0.2, 0) is 0 Å². The highest BCUT2D eigenvalue weighted by molar-refractivity contribution is 5.36. The normalized spacial score (nSPS) is 40.5. The molecule has 11 heavy (non-hydrogen) atoms. The van der Waals surface area contributed by atoms with Crippen LogP contribution in [0.3, 0.4) is 0 Å². The van der Waals surface area contributed by atoms with Crippen molar-refractivity contribution in [2.24, 2.45) is 11.8 Å². The minimum Gasteiger partial charge on any atom is -0.0992 e. The van der Waals surface area contributed by atoms with Gasteiger partial charge in [0, 0.05) is 0 Å². The second-order valence-corrected chi connectivity index (χ2v) is 4.47. The lowest BCUT2D eigenvalue weighted by Crippen LogP contribution is -2.04. The summed E-state index contributed by atoms with van der Waals surface area (Å²) in [7, 11) is 0. The number of rotatable bonds is 0. The van der Waals surface area contributed by atoms with Crippen LogP contribution in [0.1, 0.15) is 32.1 Å². The van der Waals surface area contributed by atoms with Gasteiger partial charge in [-0.3, -0.25) is 0 Å². The predicted molar refractivity (Wildman–Crippen MR) is 46.2 cm³/mol. The van der Waals surface area contributed by atoms with E-state index in [0.29, 0.717) is 0 Å². The van der Waals surface area contributed by atoms with Crippen molar-refractivity contribution < 1.29 is 0 Å². The highest BCUT2D eigenvalue weighted by Crippen LogP contribution is 2.56. The van der Waals surface area contributed by atoms with E-state index in [4.69, 9.17) is 0 Å². The molecule has 0 radical (unpaired) electrons. The fraction of sp³-hybridized carbons (Fsp3) is 0.636. The first-order valence-electron chi connectivity index (χ1n) is 4.69. The molecule has 3 aliphatic rings. The zero-order chi connectivity index (χ0) is 7.42. The molecule has 0 amide bonds. The van der Waals surface area contributed by atoms with Gasteiger partial charge in [0.05, 0.1) is 0 Å². The number of allylic oxidation sites excluding steroid dienone is 3. The summed E-state index contributed by atoms with van der Waals surface area (Å²) in [5.41, 5.74) is 5.02. The van der Waals surface area contributed by atoms with Crippen LogP contribution < -0.4 is 0 Å². The van der Waals surface area contributed by atoms with Crippen LogP contribution >= 0.6 is 0 Å². The molecule has 0 nitrogen and oxygen atoms in total. The zero-order valence-electron chi connectivity index (χ0n) is 6.90. The van der Waals surface area contributed by atoms with E-state index >= 15 is 0 Å². The van der Waals surface area contributed by atoms with Crippen molar-refractivity contribution >= 4 is 0 Å². The Morgan fingerprint density at radius 2 is 1.64 bits per heavy atom. The van der Waals surface area contributed by atoms with Crippen molar-refractivity contribution in [1.29, 1.82) is 0 Å². The Morgan fingerprint density at radius 1 is 1.00 bits per heavy atom. The van der Waals surface area contributed by atoms with Crippen molar-refractivity contribution in [2.75, 3.05) is 0 Å². The average Bonchev–Trinajstić information content (AvgIpc) is 2.53.